The number of benzene rings is 2. The first-order valence-corrected chi connectivity index (χ1v) is 12.3. The molecule has 35 heavy (non-hydrogen) atoms. The van der Waals surface area contributed by atoms with E-state index in [0.29, 0.717) is 35.8 Å². The van der Waals surface area contributed by atoms with Crippen LogP contribution in [0.3, 0.4) is 0 Å². The third-order valence-electron chi connectivity index (χ3n) is 6.52. The van der Waals surface area contributed by atoms with Crippen LogP contribution < -0.4 is 9.47 Å². The average Bonchev–Trinajstić information content (AvgIpc) is 3.49. The SMILES string of the molecule is CCCCCOc1ccc(C2C(=C(O)c3ccccc3)C(=O)C(=O)N2CC2CCCO2)cc1OC. The molecule has 0 bridgehead atoms. The lowest BCUT2D eigenvalue weighted by atomic mass is 9.95. The molecule has 2 saturated heterocycles. The Morgan fingerprint density at radius 2 is 1.91 bits per heavy atom. The van der Waals surface area contributed by atoms with E-state index in [1.54, 1.807) is 43.5 Å². The van der Waals surface area contributed by atoms with Crippen LogP contribution in [-0.2, 0) is 14.3 Å². The number of likely N-dealkylation sites (tertiary alicyclic amines) is 1. The summed E-state index contributed by atoms with van der Waals surface area (Å²) in [5, 5.41) is 11.2. The van der Waals surface area contributed by atoms with E-state index in [4.69, 9.17) is 14.2 Å². The molecule has 2 heterocycles. The van der Waals surface area contributed by atoms with Crippen LogP contribution in [0.4, 0.5) is 0 Å². The molecule has 2 aromatic carbocycles. The lowest BCUT2D eigenvalue weighted by Gasteiger charge is -2.28. The standard InChI is InChI=1S/C28H33NO6/c1-3-4-8-15-35-22-14-13-20(17-23(22)33-2)25-24(26(30)19-10-6-5-7-11-19)27(31)28(32)29(25)18-21-12-9-16-34-21/h5-7,10-11,13-14,17,21,25,30H,3-4,8-9,12,15-16,18H2,1-2H3. The molecular weight excluding hydrogens is 446 g/mol. The zero-order valence-corrected chi connectivity index (χ0v) is 20.4. The molecule has 2 atom stereocenters. The molecule has 2 fully saturated rings. The Bertz CT molecular complexity index is 1070. The van der Waals surface area contributed by atoms with Crippen LogP contribution in [0.25, 0.3) is 5.76 Å². The van der Waals surface area contributed by atoms with Gasteiger partial charge < -0.3 is 24.2 Å². The highest BCUT2D eigenvalue weighted by molar-refractivity contribution is 6.46. The number of ether oxygens (including phenoxy) is 3. The largest absolute Gasteiger partial charge is 0.507 e. The number of Topliss-reactive ketones (excluding diaryl/α,β-unsaturated/α-hetero) is 1. The fourth-order valence-corrected chi connectivity index (χ4v) is 4.68. The summed E-state index contributed by atoms with van der Waals surface area (Å²) in [7, 11) is 1.56. The fourth-order valence-electron chi connectivity index (χ4n) is 4.68. The van der Waals surface area contributed by atoms with Crippen molar-refractivity contribution in [1.82, 2.24) is 4.90 Å². The van der Waals surface area contributed by atoms with Gasteiger partial charge in [-0.3, -0.25) is 9.59 Å². The Morgan fingerprint density at radius 3 is 2.60 bits per heavy atom. The van der Waals surface area contributed by atoms with Gasteiger partial charge in [0, 0.05) is 18.7 Å². The van der Waals surface area contributed by atoms with Gasteiger partial charge >= 0.3 is 0 Å². The highest BCUT2D eigenvalue weighted by Gasteiger charge is 2.47. The molecule has 0 radical (unpaired) electrons. The molecule has 7 nitrogen and oxygen atoms in total. The number of carbonyl (C=O) groups is 2. The van der Waals surface area contributed by atoms with E-state index in [1.165, 1.54) is 4.90 Å². The van der Waals surface area contributed by atoms with E-state index in [0.717, 1.165) is 32.1 Å². The molecule has 1 N–H and O–H groups in total. The van der Waals surface area contributed by atoms with Gasteiger partial charge in [-0.1, -0.05) is 56.2 Å². The Hall–Kier alpha value is -3.32. The van der Waals surface area contributed by atoms with Crippen molar-refractivity contribution in [3.8, 4) is 11.5 Å². The van der Waals surface area contributed by atoms with E-state index in [2.05, 4.69) is 6.92 Å². The van der Waals surface area contributed by atoms with Crippen molar-refractivity contribution in [3.05, 3.63) is 65.2 Å². The Balaban J connectivity index is 1.74. The van der Waals surface area contributed by atoms with Gasteiger partial charge in [0.05, 0.1) is 31.4 Å². The first kappa shape index (κ1) is 24.8. The van der Waals surface area contributed by atoms with Gasteiger partial charge in [0.2, 0.25) is 0 Å². The van der Waals surface area contributed by atoms with Gasteiger partial charge in [-0.05, 0) is 37.0 Å². The van der Waals surface area contributed by atoms with Crippen molar-refractivity contribution in [2.45, 2.75) is 51.2 Å². The van der Waals surface area contributed by atoms with Crippen molar-refractivity contribution in [2.75, 3.05) is 26.9 Å². The fraction of sp³-hybridized carbons (Fsp3) is 0.429. The molecule has 0 saturated carbocycles. The molecule has 2 aromatic rings. The van der Waals surface area contributed by atoms with Gasteiger partial charge in [0.25, 0.3) is 11.7 Å². The maximum absolute atomic E-state index is 13.2. The van der Waals surface area contributed by atoms with E-state index in [9.17, 15) is 14.7 Å². The second kappa shape index (κ2) is 11.4. The van der Waals surface area contributed by atoms with Gasteiger partial charge in [-0.15, -0.1) is 0 Å². The number of aliphatic hydroxyl groups is 1. The third kappa shape index (κ3) is 5.35. The lowest BCUT2D eigenvalue weighted by molar-refractivity contribution is -0.140. The molecule has 4 rings (SSSR count). The lowest BCUT2D eigenvalue weighted by Crippen LogP contribution is -2.36. The third-order valence-corrected chi connectivity index (χ3v) is 6.52. The Kier molecular flexibility index (Phi) is 8.08. The zero-order valence-electron chi connectivity index (χ0n) is 20.4. The number of hydrogen-bond acceptors (Lipinski definition) is 6. The molecule has 0 aromatic heterocycles. The minimum absolute atomic E-state index is 0.0675. The number of aliphatic hydroxyl groups excluding tert-OH is 1. The molecule has 186 valence electrons. The van der Waals surface area contributed by atoms with Crippen molar-refractivity contribution < 1.29 is 28.9 Å². The Morgan fingerprint density at radius 1 is 1.11 bits per heavy atom. The summed E-state index contributed by atoms with van der Waals surface area (Å²) in [6, 6.07) is 13.5. The first-order chi connectivity index (χ1) is 17.0. The number of rotatable bonds is 10. The topological polar surface area (TPSA) is 85.3 Å². The maximum Gasteiger partial charge on any atom is 0.295 e. The molecule has 2 aliphatic heterocycles. The molecule has 1 amide bonds. The van der Waals surface area contributed by atoms with Crippen LogP contribution in [0.2, 0.25) is 0 Å². The summed E-state index contributed by atoms with van der Waals surface area (Å²) < 4.78 is 17.3. The molecule has 0 aliphatic carbocycles. The smallest absolute Gasteiger partial charge is 0.295 e. The molecule has 2 aliphatic rings. The average molecular weight is 480 g/mol. The summed E-state index contributed by atoms with van der Waals surface area (Å²) in [6.45, 7) is 3.63. The number of hydrogen-bond donors (Lipinski definition) is 1. The summed E-state index contributed by atoms with van der Waals surface area (Å²) in [5.74, 6) is -0.411. The van der Waals surface area contributed by atoms with E-state index in [1.807, 2.05) is 12.1 Å². The quantitative estimate of drug-likeness (QED) is 0.227. The van der Waals surface area contributed by atoms with Gasteiger partial charge in [-0.25, -0.2) is 0 Å². The van der Waals surface area contributed by atoms with Gasteiger partial charge in [0.15, 0.2) is 11.5 Å². The van der Waals surface area contributed by atoms with Crippen LogP contribution in [-0.4, -0.2) is 54.7 Å². The van der Waals surface area contributed by atoms with Crippen LogP contribution in [0, 0.1) is 0 Å². The minimum Gasteiger partial charge on any atom is -0.507 e. The number of nitrogens with zero attached hydrogens (tertiary/aromatic N) is 1. The van der Waals surface area contributed by atoms with Crippen LogP contribution >= 0.6 is 0 Å². The number of unbranched alkanes of at least 4 members (excludes halogenated alkanes) is 2. The normalized spacial score (nSPS) is 21.5. The van der Waals surface area contributed by atoms with Gasteiger partial charge in [-0.2, -0.15) is 0 Å². The molecule has 7 heteroatoms. The van der Waals surface area contributed by atoms with Crippen LogP contribution in [0.5, 0.6) is 11.5 Å². The van der Waals surface area contributed by atoms with Crippen molar-refractivity contribution in [2.24, 2.45) is 0 Å². The van der Waals surface area contributed by atoms with Crippen molar-refractivity contribution in [1.29, 1.82) is 0 Å². The maximum atomic E-state index is 13.2. The monoisotopic (exact) mass is 479 g/mol. The van der Waals surface area contributed by atoms with Crippen LogP contribution in [0.15, 0.2) is 54.1 Å². The minimum atomic E-state index is -0.762. The molecule has 0 spiro atoms. The molecule has 2 unspecified atom stereocenters. The molecular formula is C28H33NO6. The number of ketones is 1. The first-order valence-electron chi connectivity index (χ1n) is 12.3. The predicted molar refractivity (Wildman–Crippen MR) is 132 cm³/mol. The highest BCUT2D eigenvalue weighted by atomic mass is 16.5. The van der Waals surface area contributed by atoms with E-state index >= 15 is 0 Å². The summed E-state index contributed by atoms with van der Waals surface area (Å²) in [4.78, 5) is 27.9. The number of amides is 1. The highest BCUT2D eigenvalue weighted by Crippen LogP contribution is 2.42. The van der Waals surface area contributed by atoms with Crippen molar-refractivity contribution in [3.63, 3.8) is 0 Å². The Labute approximate surface area is 206 Å². The van der Waals surface area contributed by atoms with E-state index in [-0.39, 0.29) is 24.0 Å². The number of methoxy groups -OCH3 is 1. The zero-order chi connectivity index (χ0) is 24.8. The van der Waals surface area contributed by atoms with Crippen molar-refractivity contribution >= 4 is 17.4 Å². The summed E-state index contributed by atoms with van der Waals surface area (Å²) >= 11 is 0. The summed E-state index contributed by atoms with van der Waals surface area (Å²) in [5.41, 5.74) is 1.21. The van der Waals surface area contributed by atoms with E-state index < -0.39 is 17.7 Å². The van der Waals surface area contributed by atoms with Crippen LogP contribution in [0.1, 0.15) is 56.2 Å². The second-order valence-electron chi connectivity index (χ2n) is 8.92. The van der Waals surface area contributed by atoms with Gasteiger partial charge in [0.1, 0.15) is 5.76 Å². The number of carbonyl (C=O) groups excluding carboxylic acids is 2. The predicted octanol–water partition coefficient (Wildman–Crippen LogP) is 4.86. The summed E-state index contributed by atoms with van der Waals surface area (Å²) in [6.07, 6.45) is 4.72. The second-order valence-corrected chi connectivity index (χ2v) is 8.92.